The van der Waals surface area contributed by atoms with Gasteiger partial charge in [-0.3, -0.25) is 4.79 Å². The van der Waals surface area contributed by atoms with Gasteiger partial charge in [0, 0.05) is 13.1 Å². The molecule has 0 atom stereocenters. The smallest absolute Gasteiger partial charge is 0.236 e. The molecule has 1 saturated heterocycles. The predicted molar refractivity (Wildman–Crippen MR) is 108 cm³/mol. The highest BCUT2D eigenvalue weighted by molar-refractivity contribution is 5.85. The Hall–Kier alpha value is -1.26. The van der Waals surface area contributed by atoms with Crippen molar-refractivity contribution in [3.05, 3.63) is 29.8 Å². The second kappa shape index (κ2) is 10.8. The zero-order valence-corrected chi connectivity index (χ0v) is 16.7. The molecule has 1 aliphatic heterocycles. The third-order valence-corrected chi connectivity index (χ3v) is 5.45. The molecule has 0 unspecified atom stereocenters. The van der Waals surface area contributed by atoms with Crippen molar-refractivity contribution in [1.29, 1.82) is 0 Å². The summed E-state index contributed by atoms with van der Waals surface area (Å²) in [5, 5.41) is 3.31. The van der Waals surface area contributed by atoms with Gasteiger partial charge in [0.2, 0.25) is 5.91 Å². The standard InChI is InChI=1S/C21H32N2O2.ClH/c1-2-25-20-9-7-17(8-10-20)3-4-18-11-13-23(14-12-18)21(24)16-22-15-19-5-6-19;/h7-10,18-19,22H,2-6,11-16H2,1H3;1H. The number of hydrogen-bond acceptors (Lipinski definition) is 3. The van der Waals surface area contributed by atoms with Gasteiger partial charge in [0.05, 0.1) is 13.2 Å². The van der Waals surface area contributed by atoms with E-state index in [1.54, 1.807) is 0 Å². The van der Waals surface area contributed by atoms with Crippen molar-refractivity contribution < 1.29 is 9.53 Å². The van der Waals surface area contributed by atoms with E-state index >= 15 is 0 Å². The van der Waals surface area contributed by atoms with Crippen molar-refractivity contribution in [2.45, 2.75) is 45.4 Å². The Morgan fingerprint density at radius 2 is 1.81 bits per heavy atom. The average molecular weight is 381 g/mol. The number of benzene rings is 1. The van der Waals surface area contributed by atoms with E-state index in [0.29, 0.717) is 13.2 Å². The molecule has 4 nitrogen and oxygen atoms in total. The quantitative estimate of drug-likeness (QED) is 0.710. The molecule has 0 bridgehead atoms. The van der Waals surface area contributed by atoms with Crippen LogP contribution in [0.4, 0.5) is 0 Å². The van der Waals surface area contributed by atoms with E-state index in [9.17, 15) is 4.79 Å². The van der Waals surface area contributed by atoms with Crippen LogP contribution in [0.5, 0.6) is 5.75 Å². The Kier molecular flexibility index (Phi) is 8.73. The second-order valence-corrected chi connectivity index (χ2v) is 7.51. The molecule has 26 heavy (non-hydrogen) atoms. The summed E-state index contributed by atoms with van der Waals surface area (Å²) in [7, 11) is 0. The Balaban J connectivity index is 0.00000243. The predicted octanol–water partition coefficient (Wildman–Crippen LogP) is 3.68. The first kappa shape index (κ1) is 21.0. The molecular formula is C21H33ClN2O2. The molecule has 1 heterocycles. The number of carbonyl (C=O) groups excluding carboxylic acids is 1. The number of nitrogens with one attached hydrogen (secondary N) is 1. The zero-order chi connectivity index (χ0) is 17.5. The molecular weight excluding hydrogens is 348 g/mol. The third kappa shape index (κ3) is 6.81. The number of ether oxygens (including phenoxy) is 1. The molecule has 1 aliphatic carbocycles. The van der Waals surface area contributed by atoms with E-state index in [1.165, 1.54) is 24.8 Å². The number of likely N-dealkylation sites (tertiary alicyclic amines) is 1. The number of nitrogens with zero attached hydrogens (tertiary/aromatic N) is 1. The summed E-state index contributed by atoms with van der Waals surface area (Å²) in [4.78, 5) is 14.3. The number of halogens is 1. The minimum Gasteiger partial charge on any atom is -0.494 e. The largest absolute Gasteiger partial charge is 0.494 e. The lowest BCUT2D eigenvalue weighted by molar-refractivity contribution is -0.131. The molecule has 0 spiro atoms. The fourth-order valence-corrected chi connectivity index (χ4v) is 3.58. The van der Waals surface area contributed by atoms with Crippen LogP contribution in [0, 0.1) is 11.8 Å². The third-order valence-electron chi connectivity index (χ3n) is 5.45. The minimum absolute atomic E-state index is 0. The van der Waals surface area contributed by atoms with Crippen LogP contribution in [0.2, 0.25) is 0 Å². The summed E-state index contributed by atoms with van der Waals surface area (Å²) in [6, 6.07) is 8.48. The first-order valence-electron chi connectivity index (χ1n) is 9.95. The zero-order valence-electron chi connectivity index (χ0n) is 15.9. The molecule has 1 N–H and O–H groups in total. The number of amides is 1. The number of piperidine rings is 1. The Bertz CT molecular complexity index is 537. The Morgan fingerprint density at radius 3 is 2.42 bits per heavy atom. The highest BCUT2D eigenvalue weighted by atomic mass is 35.5. The van der Waals surface area contributed by atoms with Gasteiger partial charge in [-0.2, -0.15) is 0 Å². The molecule has 0 radical (unpaired) electrons. The Labute approximate surface area is 164 Å². The number of hydrogen-bond donors (Lipinski definition) is 1. The van der Waals surface area contributed by atoms with Crippen LogP contribution in [0.1, 0.15) is 44.6 Å². The van der Waals surface area contributed by atoms with E-state index < -0.39 is 0 Å². The van der Waals surface area contributed by atoms with Crippen LogP contribution in [-0.2, 0) is 11.2 Å². The van der Waals surface area contributed by atoms with Crippen molar-refractivity contribution in [2.24, 2.45) is 11.8 Å². The lowest BCUT2D eigenvalue weighted by Gasteiger charge is -2.32. The molecule has 146 valence electrons. The normalized spacial score (nSPS) is 17.7. The number of rotatable bonds is 9. The van der Waals surface area contributed by atoms with Crippen molar-refractivity contribution in [3.8, 4) is 5.75 Å². The van der Waals surface area contributed by atoms with Crippen LogP contribution in [0.3, 0.4) is 0 Å². The molecule has 2 aliphatic rings. The van der Waals surface area contributed by atoms with Crippen LogP contribution in [0.25, 0.3) is 0 Å². The number of carbonyl (C=O) groups is 1. The maximum atomic E-state index is 12.2. The fraction of sp³-hybridized carbons (Fsp3) is 0.667. The first-order valence-corrected chi connectivity index (χ1v) is 9.95. The average Bonchev–Trinajstić information content (AvgIpc) is 3.46. The van der Waals surface area contributed by atoms with Crippen molar-refractivity contribution in [2.75, 3.05) is 32.8 Å². The van der Waals surface area contributed by atoms with Crippen LogP contribution >= 0.6 is 12.4 Å². The van der Waals surface area contributed by atoms with Gasteiger partial charge in [-0.25, -0.2) is 0 Å². The number of aryl methyl sites for hydroxylation is 1. The first-order chi connectivity index (χ1) is 12.2. The molecule has 5 heteroatoms. The van der Waals surface area contributed by atoms with Crippen LogP contribution in [-0.4, -0.2) is 43.6 Å². The maximum absolute atomic E-state index is 12.2. The van der Waals surface area contributed by atoms with Gasteiger partial charge in [0.15, 0.2) is 0 Å². The van der Waals surface area contributed by atoms with E-state index in [4.69, 9.17) is 4.74 Å². The van der Waals surface area contributed by atoms with Gasteiger partial charge in [-0.15, -0.1) is 12.4 Å². The second-order valence-electron chi connectivity index (χ2n) is 7.51. The van der Waals surface area contributed by atoms with Gasteiger partial charge in [0.1, 0.15) is 5.75 Å². The van der Waals surface area contributed by atoms with E-state index in [0.717, 1.165) is 56.5 Å². The van der Waals surface area contributed by atoms with E-state index in [-0.39, 0.29) is 18.3 Å². The summed E-state index contributed by atoms with van der Waals surface area (Å²) in [5.74, 6) is 2.81. The van der Waals surface area contributed by atoms with E-state index in [1.807, 2.05) is 11.8 Å². The summed E-state index contributed by atoms with van der Waals surface area (Å²) in [6.07, 6.45) is 7.29. The molecule has 1 aromatic carbocycles. The minimum atomic E-state index is 0. The highest BCUT2D eigenvalue weighted by Crippen LogP contribution is 2.27. The van der Waals surface area contributed by atoms with Gasteiger partial charge in [0.25, 0.3) is 0 Å². The van der Waals surface area contributed by atoms with Crippen molar-refractivity contribution in [1.82, 2.24) is 10.2 Å². The summed E-state index contributed by atoms with van der Waals surface area (Å²) >= 11 is 0. The molecule has 0 aromatic heterocycles. The molecule has 2 fully saturated rings. The summed E-state index contributed by atoms with van der Waals surface area (Å²) in [6.45, 7) is 6.12. The summed E-state index contributed by atoms with van der Waals surface area (Å²) in [5.41, 5.74) is 1.38. The maximum Gasteiger partial charge on any atom is 0.236 e. The lowest BCUT2D eigenvalue weighted by atomic mass is 9.90. The van der Waals surface area contributed by atoms with Crippen LogP contribution in [0.15, 0.2) is 24.3 Å². The lowest BCUT2D eigenvalue weighted by Crippen LogP contribution is -2.43. The topological polar surface area (TPSA) is 41.6 Å². The SMILES string of the molecule is CCOc1ccc(CCC2CCN(C(=O)CNCC3CC3)CC2)cc1.Cl. The monoisotopic (exact) mass is 380 g/mol. The van der Waals surface area contributed by atoms with Crippen molar-refractivity contribution in [3.63, 3.8) is 0 Å². The van der Waals surface area contributed by atoms with Gasteiger partial charge in [-0.1, -0.05) is 12.1 Å². The van der Waals surface area contributed by atoms with Crippen LogP contribution < -0.4 is 10.1 Å². The van der Waals surface area contributed by atoms with Crippen molar-refractivity contribution >= 4 is 18.3 Å². The summed E-state index contributed by atoms with van der Waals surface area (Å²) < 4.78 is 5.49. The molecule has 1 amide bonds. The van der Waals surface area contributed by atoms with Gasteiger partial charge < -0.3 is 15.0 Å². The fourth-order valence-electron chi connectivity index (χ4n) is 3.58. The highest BCUT2D eigenvalue weighted by Gasteiger charge is 2.24. The molecule has 1 aromatic rings. The molecule has 1 saturated carbocycles. The van der Waals surface area contributed by atoms with E-state index in [2.05, 4.69) is 29.6 Å². The Morgan fingerprint density at radius 1 is 1.12 bits per heavy atom. The van der Waals surface area contributed by atoms with Gasteiger partial charge >= 0.3 is 0 Å². The van der Waals surface area contributed by atoms with Gasteiger partial charge in [-0.05, 0) is 81.5 Å². The molecule has 3 rings (SSSR count).